The molecule has 0 aliphatic heterocycles. The smallest absolute Gasteiger partial charge is 0.251 e. The first-order valence-corrected chi connectivity index (χ1v) is 6.84. The molecule has 124 valence electrons. The fourth-order valence-electron chi connectivity index (χ4n) is 1.79. The van der Waals surface area contributed by atoms with Gasteiger partial charge in [-0.25, -0.2) is 0 Å². The molecule has 2 aromatic rings. The van der Waals surface area contributed by atoms with Gasteiger partial charge in [-0.1, -0.05) is 34.8 Å². The molecule has 1 aromatic carbocycles. The Labute approximate surface area is 140 Å². The molecular weight excluding hydrogens is 390 g/mol. The fourth-order valence-corrected chi connectivity index (χ4v) is 2.44. The first-order valence-electron chi connectivity index (χ1n) is 5.70. The highest BCUT2D eigenvalue weighted by molar-refractivity contribution is 6.44. The van der Waals surface area contributed by atoms with Crippen LogP contribution in [0.25, 0.3) is 11.1 Å². The van der Waals surface area contributed by atoms with E-state index in [-0.39, 0.29) is 26.7 Å². The molecule has 0 saturated carbocycles. The zero-order valence-electron chi connectivity index (χ0n) is 10.7. The van der Waals surface area contributed by atoms with Gasteiger partial charge in [0.2, 0.25) is 0 Å². The van der Waals surface area contributed by atoms with Crippen LogP contribution in [0.2, 0.25) is 15.1 Å². The summed E-state index contributed by atoms with van der Waals surface area (Å²) in [5, 5.41) is -0.306. The quantitative estimate of drug-likeness (QED) is 0.385. The van der Waals surface area contributed by atoms with Crippen molar-refractivity contribution in [3.8, 4) is 11.1 Å². The van der Waals surface area contributed by atoms with Crippen LogP contribution in [0.15, 0.2) is 24.4 Å². The van der Waals surface area contributed by atoms with Gasteiger partial charge < -0.3 is 0 Å². The molecule has 23 heavy (non-hydrogen) atoms. The van der Waals surface area contributed by atoms with E-state index in [9.17, 15) is 26.3 Å². The van der Waals surface area contributed by atoms with E-state index >= 15 is 0 Å². The minimum atomic E-state index is -5.05. The molecule has 0 atom stereocenters. The number of pyridine rings is 1. The summed E-state index contributed by atoms with van der Waals surface area (Å²) >= 11 is 17.2. The molecule has 0 aliphatic rings. The summed E-state index contributed by atoms with van der Waals surface area (Å²) < 4.78 is 77.1. The van der Waals surface area contributed by atoms with Gasteiger partial charge in [-0.3, -0.25) is 4.98 Å². The zero-order valence-corrected chi connectivity index (χ0v) is 12.9. The van der Waals surface area contributed by atoms with Crippen LogP contribution >= 0.6 is 34.8 Å². The third kappa shape index (κ3) is 3.84. The predicted molar refractivity (Wildman–Crippen MR) is 74.7 cm³/mol. The van der Waals surface area contributed by atoms with Crippen LogP contribution in [0.3, 0.4) is 0 Å². The van der Waals surface area contributed by atoms with Crippen LogP contribution in [0.5, 0.6) is 0 Å². The Kier molecular flexibility index (Phi) is 4.76. The van der Waals surface area contributed by atoms with Crippen LogP contribution in [0.4, 0.5) is 26.3 Å². The molecule has 0 spiro atoms. The van der Waals surface area contributed by atoms with Gasteiger partial charge in [-0.2, -0.15) is 26.3 Å². The molecule has 0 amide bonds. The van der Waals surface area contributed by atoms with Crippen molar-refractivity contribution in [2.75, 3.05) is 0 Å². The van der Waals surface area contributed by atoms with Gasteiger partial charge in [0.25, 0.3) is 0 Å². The number of alkyl halides is 6. The van der Waals surface area contributed by atoms with Gasteiger partial charge in [-0.15, -0.1) is 0 Å². The summed E-state index contributed by atoms with van der Waals surface area (Å²) in [6.45, 7) is 0. The maximum absolute atomic E-state index is 13.1. The predicted octanol–water partition coefficient (Wildman–Crippen LogP) is 6.75. The highest BCUT2D eigenvalue weighted by Gasteiger charge is 2.39. The van der Waals surface area contributed by atoms with Crippen molar-refractivity contribution in [1.29, 1.82) is 0 Å². The van der Waals surface area contributed by atoms with E-state index < -0.39 is 29.2 Å². The number of hydrogen-bond donors (Lipinski definition) is 0. The molecule has 1 nitrogen and oxygen atoms in total. The average molecular weight is 395 g/mol. The van der Waals surface area contributed by atoms with E-state index in [0.717, 1.165) is 12.1 Å². The second-order valence-electron chi connectivity index (χ2n) is 4.36. The Morgan fingerprint density at radius 3 is 1.78 bits per heavy atom. The molecular formula is C13H4Cl3F6N. The summed E-state index contributed by atoms with van der Waals surface area (Å²) in [5.41, 5.74) is -4.05. The van der Waals surface area contributed by atoms with Crippen molar-refractivity contribution in [1.82, 2.24) is 4.98 Å². The van der Waals surface area contributed by atoms with Crippen molar-refractivity contribution >= 4 is 34.8 Å². The Balaban J connectivity index is 2.75. The molecule has 2 rings (SSSR count). The van der Waals surface area contributed by atoms with Crippen LogP contribution in [-0.4, -0.2) is 4.98 Å². The molecule has 0 saturated heterocycles. The number of halogens is 9. The van der Waals surface area contributed by atoms with Gasteiger partial charge in [0, 0.05) is 17.3 Å². The van der Waals surface area contributed by atoms with E-state index in [0.29, 0.717) is 6.20 Å². The largest absolute Gasteiger partial charge is 0.433 e. The molecule has 1 heterocycles. The first kappa shape index (κ1) is 18.2. The average Bonchev–Trinajstić information content (AvgIpc) is 2.40. The van der Waals surface area contributed by atoms with E-state index in [1.807, 2.05) is 0 Å². The monoisotopic (exact) mass is 393 g/mol. The Morgan fingerprint density at radius 2 is 1.26 bits per heavy atom. The number of hydrogen-bond acceptors (Lipinski definition) is 1. The highest BCUT2D eigenvalue weighted by Crippen LogP contribution is 2.43. The van der Waals surface area contributed by atoms with E-state index in [4.69, 9.17) is 34.8 Å². The second-order valence-corrected chi connectivity index (χ2v) is 5.58. The number of rotatable bonds is 1. The number of nitrogens with zero attached hydrogens (tertiary/aromatic N) is 1. The maximum atomic E-state index is 13.1. The zero-order chi connectivity index (χ0) is 17.6. The maximum Gasteiger partial charge on any atom is 0.433 e. The fraction of sp³-hybridized carbons (Fsp3) is 0.154. The minimum absolute atomic E-state index is 0.00570. The minimum Gasteiger partial charge on any atom is -0.251 e. The summed E-state index contributed by atoms with van der Waals surface area (Å²) in [6, 6.07) is 2.05. The van der Waals surface area contributed by atoms with E-state index in [1.165, 1.54) is 0 Å². The lowest BCUT2D eigenvalue weighted by Gasteiger charge is -2.16. The van der Waals surface area contributed by atoms with E-state index in [1.54, 1.807) is 0 Å². The van der Waals surface area contributed by atoms with Crippen molar-refractivity contribution < 1.29 is 26.3 Å². The lowest BCUT2D eigenvalue weighted by Crippen LogP contribution is -2.14. The summed E-state index contributed by atoms with van der Waals surface area (Å²) in [7, 11) is 0. The highest BCUT2D eigenvalue weighted by atomic mass is 35.5. The molecule has 0 radical (unpaired) electrons. The third-order valence-electron chi connectivity index (χ3n) is 2.80. The lowest BCUT2D eigenvalue weighted by atomic mass is 10.0. The SMILES string of the molecule is FC(F)(F)c1cc(C(F)(F)F)c(-c2cc(Cl)c(Cl)cc2Cl)cn1. The molecule has 0 N–H and O–H groups in total. The molecule has 0 unspecified atom stereocenters. The summed E-state index contributed by atoms with van der Waals surface area (Å²) in [5.74, 6) is 0. The molecule has 0 bridgehead atoms. The topological polar surface area (TPSA) is 12.9 Å². The molecule has 1 aromatic heterocycles. The van der Waals surface area contributed by atoms with E-state index in [2.05, 4.69) is 4.98 Å². The Morgan fingerprint density at radius 1 is 0.696 bits per heavy atom. The van der Waals surface area contributed by atoms with Crippen molar-refractivity contribution in [3.05, 3.63) is 50.7 Å². The van der Waals surface area contributed by atoms with Gasteiger partial charge in [-0.05, 0) is 18.2 Å². The lowest BCUT2D eigenvalue weighted by molar-refractivity contribution is -0.145. The van der Waals surface area contributed by atoms with Crippen LogP contribution < -0.4 is 0 Å². The molecule has 10 heteroatoms. The molecule has 0 aliphatic carbocycles. The van der Waals surface area contributed by atoms with Gasteiger partial charge in [0.15, 0.2) is 0 Å². The Bertz CT molecular complexity index is 755. The van der Waals surface area contributed by atoms with Gasteiger partial charge >= 0.3 is 12.4 Å². The normalized spacial score (nSPS) is 12.6. The third-order valence-corrected chi connectivity index (χ3v) is 3.83. The van der Waals surface area contributed by atoms with Crippen LogP contribution in [0.1, 0.15) is 11.3 Å². The summed E-state index contributed by atoms with van der Waals surface area (Å²) in [6.07, 6.45) is -9.61. The first-order chi connectivity index (χ1) is 10.4. The standard InChI is InChI=1S/C13H4Cl3F6N/c14-8-3-10(16)9(15)1-5(8)6-4-23-11(13(20,21)22)2-7(6)12(17,18)19/h1-4H. The van der Waals surface area contributed by atoms with Crippen molar-refractivity contribution in [2.45, 2.75) is 12.4 Å². The van der Waals surface area contributed by atoms with Crippen molar-refractivity contribution in [3.63, 3.8) is 0 Å². The van der Waals surface area contributed by atoms with Gasteiger partial charge in [0.1, 0.15) is 5.69 Å². The second kappa shape index (κ2) is 6.03. The number of aromatic nitrogens is 1. The van der Waals surface area contributed by atoms with Gasteiger partial charge in [0.05, 0.1) is 20.6 Å². The van der Waals surface area contributed by atoms with Crippen molar-refractivity contribution in [2.24, 2.45) is 0 Å². The molecule has 0 fully saturated rings. The van der Waals surface area contributed by atoms with Crippen LogP contribution in [-0.2, 0) is 12.4 Å². The Hall–Kier alpha value is -1.18. The summed E-state index contributed by atoms with van der Waals surface area (Å²) in [4.78, 5) is 3.03. The number of benzene rings is 1. The van der Waals surface area contributed by atoms with Crippen LogP contribution in [0, 0.1) is 0 Å².